The van der Waals surface area contributed by atoms with Gasteiger partial charge in [0.25, 0.3) is 0 Å². The van der Waals surface area contributed by atoms with Crippen molar-refractivity contribution < 1.29 is 9.84 Å². The first-order valence-corrected chi connectivity index (χ1v) is 13.1. The first-order chi connectivity index (χ1) is 17.0. The zero-order chi connectivity index (χ0) is 24.0. The Morgan fingerprint density at radius 1 is 1.09 bits per heavy atom. The summed E-state index contributed by atoms with van der Waals surface area (Å²) in [6.45, 7) is 9.55. The maximum Gasteiger partial charge on any atom is 0.180 e. The highest BCUT2D eigenvalue weighted by Gasteiger charge is 2.31. The molecule has 0 atom stereocenters. The fourth-order valence-corrected chi connectivity index (χ4v) is 6.12. The van der Waals surface area contributed by atoms with Crippen LogP contribution < -0.4 is 4.90 Å². The third-order valence-corrected chi connectivity index (χ3v) is 8.13. The summed E-state index contributed by atoms with van der Waals surface area (Å²) in [5, 5.41) is 11.4. The lowest BCUT2D eigenvalue weighted by Crippen LogP contribution is -2.41. The maximum absolute atomic E-state index is 10.4. The molecule has 2 aliphatic rings. The van der Waals surface area contributed by atoms with Crippen LogP contribution in [0.1, 0.15) is 31.7 Å². The number of nitrogens with zero attached hydrogens (tertiary/aromatic N) is 7. The standard InChI is InChI=1S/C25H31N7O2S/c1-25(2,33)17-6-9-30(10-7-17)16-20-27-21-23(31-12-14-34-15-13-31)28-22(29-24(21)35-20)18-4-3-5-19-26-8-11-32(18)19/h3-5,8,11,17,33H,6-7,9-10,12-16H2,1-2H3. The molecular weight excluding hydrogens is 462 g/mol. The van der Waals surface area contributed by atoms with Crippen molar-refractivity contribution in [3.63, 3.8) is 0 Å². The van der Waals surface area contributed by atoms with Crippen LogP contribution in [-0.4, -0.2) is 79.3 Å². The van der Waals surface area contributed by atoms with E-state index in [0.717, 1.165) is 78.1 Å². The van der Waals surface area contributed by atoms with E-state index in [1.807, 2.05) is 42.6 Å². The summed E-state index contributed by atoms with van der Waals surface area (Å²) >= 11 is 1.66. The summed E-state index contributed by atoms with van der Waals surface area (Å²) in [7, 11) is 0. The molecule has 35 heavy (non-hydrogen) atoms. The number of hydrogen-bond acceptors (Lipinski definition) is 9. The Morgan fingerprint density at radius 3 is 2.66 bits per heavy atom. The summed E-state index contributed by atoms with van der Waals surface area (Å²) < 4.78 is 7.62. The first kappa shape index (κ1) is 22.8. The van der Waals surface area contributed by atoms with Gasteiger partial charge in [-0.3, -0.25) is 9.30 Å². The highest BCUT2D eigenvalue weighted by molar-refractivity contribution is 7.18. The van der Waals surface area contributed by atoms with Crippen LogP contribution in [-0.2, 0) is 11.3 Å². The number of piperidine rings is 1. The van der Waals surface area contributed by atoms with Gasteiger partial charge in [-0.1, -0.05) is 17.4 Å². The predicted octanol–water partition coefficient (Wildman–Crippen LogP) is 3.22. The molecule has 0 aromatic carbocycles. The minimum absolute atomic E-state index is 0.348. The van der Waals surface area contributed by atoms with Gasteiger partial charge in [0.2, 0.25) is 0 Å². The van der Waals surface area contributed by atoms with Crippen molar-refractivity contribution in [1.82, 2.24) is 29.2 Å². The smallest absolute Gasteiger partial charge is 0.180 e. The van der Waals surface area contributed by atoms with E-state index < -0.39 is 5.60 Å². The van der Waals surface area contributed by atoms with Crippen LogP contribution >= 0.6 is 11.3 Å². The fourth-order valence-electron chi connectivity index (χ4n) is 5.15. The maximum atomic E-state index is 10.4. The van der Waals surface area contributed by atoms with Gasteiger partial charge in [-0.15, -0.1) is 0 Å². The predicted molar refractivity (Wildman–Crippen MR) is 137 cm³/mol. The number of thiazole rings is 1. The van der Waals surface area contributed by atoms with Crippen LogP contribution in [0.3, 0.4) is 0 Å². The van der Waals surface area contributed by atoms with E-state index in [1.54, 1.807) is 17.5 Å². The van der Waals surface area contributed by atoms with Crippen molar-refractivity contribution in [2.24, 2.45) is 5.92 Å². The molecule has 10 heteroatoms. The number of pyridine rings is 1. The number of morpholine rings is 1. The minimum Gasteiger partial charge on any atom is -0.390 e. The summed E-state index contributed by atoms with van der Waals surface area (Å²) in [5.41, 5.74) is 2.05. The lowest BCUT2D eigenvalue weighted by Gasteiger charge is -2.37. The van der Waals surface area contributed by atoms with Crippen LogP contribution in [0, 0.1) is 5.92 Å². The van der Waals surface area contributed by atoms with Gasteiger partial charge in [0.1, 0.15) is 21.0 Å². The number of imidazole rings is 1. The van der Waals surface area contributed by atoms with Gasteiger partial charge in [-0.25, -0.2) is 19.9 Å². The average molecular weight is 494 g/mol. The number of aromatic nitrogens is 5. The molecule has 0 unspecified atom stereocenters. The Balaban J connectivity index is 1.35. The highest BCUT2D eigenvalue weighted by atomic mass is 32.1. The van der Waals surface area contributed by atoms with Crippen LogP contribution in [0.2, 0.25) is 0 Å². The quantitative estimate of drug-likeness (QED) is 0.453. The average Bonchev–Trinajstić information content (AvgIpc) is 3.50. The molecule has 0 spiro atoms. The van der Waals surface area contributed by atoms with Crippen LogP contribution in [0.5, 0.6) is 0 Å². The molecule has 9 nitrogen and oxygen atoms in total. The molecule has 0 saturated carbocycles. The third kappa shape index (κ3) is 4.51. The SMILES string of the molecule is CC(C)(O)C1CCN(Cc2nc3c(N4CCOCC4)nc(-c4cccc5nccn45)nc3s2)CC1. The lowest BCUT2D eigenvalue weighted by molar-refractivity contribution is -0.0136. The molecule has 0 bridgehead atoms. The fraction of sp³-hybridized carbons (Fsp3) is 0.520. The van der Waals surface area contributed by atoms with E-state index >= 15 is 0 Å². The van der Waals surface area contributed by atoms with Gasteiger partial charge in [-0.05, 0) is 57.8 Å². The summed E-state index contributed by atoms with van der Waals surface area (Å²) in [6.07, 6.45) is 5.76. The number of anilines is 1. The molecule has 2 fully saturated rings. The molecule has 4 aromatic rings. The first-order valence-electron chi connectivity index (χ1n) is 12.3. The molecule has 0 amide bonds. The highest BCUT2D eigenvalue weighted by Crippen LogP contribution is 2.33. The molecule has 2 saturated heterocycles. The van der Waals surface area contributed by atoms with Crippen molar-refractivity contribution in [3.8, 4) is 11.5 Å². The zero-order valence-electron chi connectivity index (χ0n) is 20.2. The molecule has 6 rings (SSSR count). The Labute approximate surface area is 208 Å². The molecule has 184 valence electrons. The van der Waals surface area contributed by atoms with Crippen LogP contribution in [0.25, 0.3) is 27.5 Å². The third-order valence-electron chi connectivity index (χ3n) is 7.20. The van der Waals surface area contributed by atoms with Crippen molar-refractivity contribution in [3.05, 3.63) is 35.6 Å². The van der Waals surface area contributed by atoms with Crippen molar-refractivity contribution in [2.45, 2.75) is 38.8 Å². The van der Waals surface area contributed by atoms with E-state index in [4.69, 9.17) is 19.7 Å². The van der Waals surface area contributed by atoms with Crippen molar-refractivity contribution >= 4 is 33.1 Å². The molecule has 4 aromatic heterocycles. The Kier molecular flexibility index (Phi) is 5.92. The van der Waals surface area contributed by atoms with E-state index in [9.17, 15) is 5.11 Å². The van der Waals surface area contributed by atoms with E-state index in [2.05, 4.69) is 14.8 Å². The lowest BCUT2D eigenvalue weighted by atomic mass is 9.83. The van der Waals surface area contributed by atoms with Crippen LogP contribution in [0.15, 0.2) is 30.6 Å². The number of hydrogen-bond donors (Lipinski definition) is 1. The second-order valence-corrected chi connectivity index (χ2v) is 11.1. The van der Waals surface area contributed by atoms with Gasteiger partial charge in [0, 0.05) is 25.5 Å². The van der Waals surface area contributed by atoms with E-state index in [-0.39, 0.29) is 0 Å². The van der Waals surface area contributed by atoms with E-state index in [1.165, 1.54) is 0 Å². The molecule has 0 aliphatic carbocycles. The topological polar surface area (TPSA) is 91.9 Å². The van der Waals surface area contributed by atoms with Gasteiger partial charge in [0.15, 0.2) is 11.6 Å². The number of ether oxygens (including phenoxy) is 1. The molecular formula is C25H31N7O2S. The summed E-state index contributed by atoms with van der Waals surface area (Å²) in [5.74, 6) is 1.92. The Morgan fingerprint density at radius 2 is 1.89 bits per heavy atom. The minimum atomic E-state index is -0.612. The second-order valence-electron chi connectivity index (χ2n) is 10.0. The summed E-state index contributed by atoms with van der Waals surface area (Å²) in [4.78, 5) is 25.1. The molecule has 6 heterocycles. The number of likely N-dealkylation sites (tertiary alicyclic amines) is 1. The second kappa shape index (κ2) is 9.09. The number of fused-ring (bicyclic) bond motifs is 2. The molecule has 2 aliphatic heterocycles. The normalized spacial score (nSPS) is 18.7. The van der Waals surface area contributed by atoms with Gasteiger partial charge < -0.3 is 14.7 Å². The molecule has 0 radical (unpaired) electrons. The zero-order valence-corrected chi connectivity index (χ0v) is 21.0. The van der Waals surface area contributed by atoms with Gasteiger partial charge in [-0.2, -0.15) is 0 Å². The Bertz CT molecular complexity index is 1330. The van der Waals surface area contributed by atoms with E-state index in [0.29, 0.717) is 25.0 Å². The number of rotatable bonds is 5. The Hall–Kier alpha value is -2.66. The van der Waals surface area contributed by atoms with Gasteiger partial charge >= 0.3 is 0 Å². The molecule has 1 N–H and O–H groups in total. The van der Waals surface area contributed by atoms with Crippen molar-refractivity contribution in [1.29, 1.82) is 0 Å². The van der Waals surface area contributed by atoms with Gasteiger partial charge in [0.05, 0.1) is 31.1 Å². The summed E-state index contributed by atoms with van der Waals surface area (Å²) in [6, 6.07) is 6.01. The monoisotopic (exact) mass is 493 g/mol. The largest absolute Gasteiger partial charge is 0.390 e. The number of aliphatic hydroxyl groups is 1. The van der Waals surface area contributed by atoms with Crippen LogP contribution in [0.4, 0.5) is 5.82 Å². The van der Waals surface area contributed by atoms with Crippen molar-refractivity contribution in [2.75, 3.05) is 44.3 Å².